The van der Waals surface area contributed by atoms with E-state index in [9.17, 15) is 5.11 Å². The third-order valence-corrected chi connectivity index (χ3v) is 3.29. The number of nitrogens with zero attached hydrogens (tertiary/aromatic N) is 1. The number of ether oxygens (including phenoxy) is 1. The minimum atomic E-state index is -0.400. The molecule has 2 rings (SSSR count). The third kappa shape index (κ3) is 3.46. The van der Waals surface area contributed by atoms with Gasteiger partial charge in [-0.25, -0.2) is 0 Å². The second kappa shape index (κ2) is 6.68. The molecule has 3 N–H and O–H groups in total. The van der Waals surface area contributed by atoms with E-state index >= 15 is 0 Å². The van der Waals surface area contributed by atoms with Gasteiger partial charge in [0.1, 0.15) is 11.9 Å². The van der Waals surface area contributed by atoms with Crippen molar-refractivity contribution in [2.45, 2.75) is 32.4 Å². The van der Waals surface area contributed by atoms with Gasteiger partial charge in [0.05, 0.1) is 12.1 Å². The lowest BCUT2D eigenvalue weighted by Crippen LogP contribution is -2.42. The molecule has 0 fully saturated rings. The van der Waals surface area contributed by atoms with Gasteiger partial charge in [0.2, 0.25) is 0 Å². The van der Waals surface area contributed by atoms with Gasteiger partial charge in [-0.2, -0.15) is 0 Å². The van der Waals surface area contributed by atoms with Gasteiger partial charge in [0.15, 0.2) is 0 Å². The number of fused-ring (bicyclic) bond motifs is 1. The van der Waals surface area contributed by atoms with E-state index in [1.165, 1.54) is 0 Å². The van der Waals surface area contributed by atoms with Crippen LogP contribution in [0.1, 0.15) is 20.3 Å². The van der Waals surface area contributed by atoms with Crippen LogP contribution in [-0.4, -0.2) is 28.8 Å². The molecule has 1 aromatic heterocycles. The van der Waals surface area contributed by atoms with E-state index < -0.39 is 6.10 Å². The zero-order valence-corrected chi connectivity index (χ0v) is 12.0. The van der Waals surface area contributed by atoms with Gasteiger partial charge in [-0.1, -0.05) is 19.9 Å². The monoisotopic (exact) mass is 274 g/mol. The number of hydrogen-bond donors (Lipinski definition) is 2. The molecule has 2 aromatic rings. The molecule has 2 unspecified atom stereocenters. The molecule has 0 radical (unpaired) electrons. The predicted molar refractivity (Wildman–Crippen MR) is 80.7 cm³/mol. The number of nitrogens with two attached hydrogens (primary N) is 1. The lowest BCUT2D eigenvalue weighted by molar-refractivity contribution is 0.0895. The second-order valence-corrected chi connectivity index (χ2v) is 5.46. The van der Waals surface area contributed by atoms with Crippen molar-refractivity contribution in [2.24, 2.45) is 11.7 Å². The summed E-state index contributed by atoms with van der Waals surface area (Å²) in [6.45, 7) is 4.12. The highest BCUT2D eigenvalue weighted by Gasteiger charge is 2.20. The fourth-order valence-corrected chi connectivity index (χ4v) is 2.30. The van der Waals surface area contributed by atoms with E-state index in [1.807, 2.05) is 30.3 Å². The van der Waals surface area contributed by atoms with E-state index in [0.29, 0.717) is 11.7 Å². The first kappa shape index (κ1) is 14.8. The lowest BCUT2D eigenvalue weighted by atomic mass is 10.0. The van der Waals surface area contributed by atoms with Crippen LogP contribution in [0.3, 0.4) is 0 Å². The summed E-state index contributed by atoms with van der Waals surface area (Å²) in [5.41, 5.74) is 6.99. The Kier molecular flexibility index (Phi) is 4.93. The number of pyridine rings is 1. The minimum absolute atomic E-state index is 0.0927. The Hall–Kier alpha value is -1.65. The highest BCUT2D eigenvalue weighted by atomic mass is 16.5. The molecule has 0 aliphatic carbocycles. The molecule has 0 aliphatic rings. The van der Waals surface area contributed by atoms with Crippen LogP contribution in [0.25, 0.3) is 10.9 Å². The van der Waals surface area contributed by atoms with Gasteiger partial charge in [0.25, 0.3) is 0 Å². The largest absolute Gasteiger partial charge is 0.486 e. The topological polar surface area (TPSA) is 68.4 Å². The van der Waals surface area contributed by atoms with Crippen LogP contribution in [-0.2, 0) is 0 Å². The quantitative estimate of drug-likeness (QED) is 0.848. The molecule has 0 bridgehead atoms. The summed E-state index contributed by atoms with van der Waals surface area (Å²) in [5, 5.41) is 10.5. The van der Waals surface area contributed by atoms with E-state index in [0.717, 1.165) is 17.3 Å². The first-order chi connectivity index (χ1) is 9.61. The van der Waals surface area contributed by atoms with Crippen molar-refractivity contribution in [3.05, 3.63) is 36.5 Å². The molecule has 0 spiro atoms. The number of aromatic nitrogens is 1. The summed E-state index contributed by atoms with van der Waals surface area (Å²) >= 11 is 0. The second-order valence-electron chi connectivity index (χ2n) is 5.46. The van der Waals surface area contributed by atoms with Crippen molar-refractivity contribution in [3.63, 3.8) is 0 Å². The summed E-state index contributed by atoms with van der Waals surface area (Å²) in [6.07, 6.45) is 2.16. The summed E-state index contributed by atoms with van der Waals surface area (Å²) in [4.78, 5) is 4.29. The van der Waals surface area contributed by atoms with Crippen molar-refractivity contribution in [1.82, 2.24) is 4.98 Å². The normalized spacial score (nSPS) is 14.4. The number of hydrogen-bond acceptors (Lipinski definition) is 4. The molecule has 0 amide bonds. The zero-order chi connectivity index (χ0) is 14.5. The van der Waals surface area contributed by atoms with E-state index in [-0.39, 0.29) is 12.6 Å². The molecule has 108 valence electrons. The maximum Gasteiger partial charge on any atom is 0.137 e. The molecular formula is C16H22N2O2. The molecule has 2 atom stereocenters. The Bertz CT molecular complexity index is 552. The van der Waals surface area contributed by atoms with Crippen molar-refractivity contribution >= 4 is 10.9 Å². The average molecular weight is 274 g/mol. The van der Waals surface area contributed by atoms with E-state index in [4.69, 9.17) is 10.5 Å². The Morgan fingerprint density at radius 3 is 2.75 bits per heavy atom. The van der Waals surface area contributed by atoms with Crippen LogP contribution in [0, 0.1) is 5.92 Å². The van der Waals surface area contributed by atoms with Crippen LogP contribution >= 0.6 is 0 Å². The van der Waals surface area contributed by atoms with Gasteiger partial charge in [-0.3, -0.25) is 4.98 Å². The molecule has 0 aliphatic heterocycles. The highest BCUT2D eigenvalue weighted by Crippen LogP contribution is 2.25. The fourth-order valence-electron chi connectivity index (χ4n) is 2.30. The molecule has 4 nitrogen and oxygen atoms in total. The number of benzene rings is 1. The van der Waals surface area contributed by atoms with Gasteiger partial charge in [0, 0.05) is 17.6 Å². The van der Waals surface area contributed by atoms with Crippen LogP contribution in [0.5, 0.6) is 5.75 Å². The maximum atomic E-state index is 9.52. The van der Waals surface area contributed by atoms with Crippen LogP contribution in [0.4, 0.5) is 0 Å². The standard InChI is InChI=1S/C16H22N2O2/c1-11(2)9-13(17)16(10-19)20-15-7-3-6-14-12(15)5-4-8-18-14/h3-8,11,13,16,19H,9-10,17H2,1-2H3. The zero-order valence-electron chi connectivity index (χ0n) is 12.0. The average Bonchev–Trinajstić information content (AvgIpc) is 2.44. The van der Waals surface area contributed by atoms with Gasteiger partial charge in [-0.05, 0) is 36.6 Å². The molecule has 0 saturated carbocycles. The molecule has 4 heteroatoms. The van der Waals surface area contributed by atoms with Gasteiger partial charge >= 0.3 is 0 Å². The lowest BCUT2D eigenvalue weighted by Gasteiger charge is -2.25. The molecule has 20 heavy (non-hydrogen) atoms. The maximum absolute atomic E-state index is 9.52. The van der Waals surface area contributed by atoms with Crippen molar-refractivity contribution < 1.29 is 9.84 Å². The van der Waals surface area contributed by atoms with Crippen molar-refractivity contribution in [1.29, 1.82) is 0 Å². The highest BCUT2D eigenvalue weighted by molar-refractivity contribution is 5.84. The number of aliphatic hydroxyl groups excluding tert-OH is 1. The Labute approximate surface area is 119 Å². The molecule has 1 aromatic carbocycles. The molecule has 1 heterocycles. The van der Waals surface area contributed by atoms with Crippen LogP contribution < -0.4 is 10.5 Å². The molecule has 0 saturated heterocycles. The number of aliphatic hydroxyl groups is 1. The van der Waals surface area contributed by atoms with Gasteiger partial charge in [-0.15, -0.1) is 0 Å². The Balaban J connectivity index is 2.21. The third-order valence-electron chi connectivity index (χ3n) is 3.29. The first-order valence-electron chi connectivity index (χ1n) is 6.98. The van der Waals surface area contributed by atoms with Crippen molar-refractivity contribution in [2.75, 3.05) is 6.61 Å². The predicted octanol–water partition coefficient (Wildman–Crippen LogP) is 2.35. The minimum Gasteiger partial charge on any atom is -0.486 e. The number of rotatable bonds is 6. The van der Waals surface area contributed by atoms with E-state index in [2.05, 4.69) is 18.8 Å². The SMILES string of the molecule is CC(C)CC(N)C(CO)Oc1cccc2ncccc12. The Morgan fingerprint density at radius 2 is 2.05 bits per heavy atom. The van der Waals surface area contributed by atoms with Crippen molar-refractivity contribution in [3.8, 4) is 5.75 Å². The molecular weight excluding hydrogens is 252 g/mol. The summed E-state index contributed by atoms with van der Waals surface area (Å²) in [5.74, 6) is 1.19. The van der Waals surface area contributed by atoms with Crippen LogP contribution in [0.15, 0.2) is 36.5 Å². The smallest absolute Gasteiger partial charge is 0.137 e. The fraction of sp³-hybridized carbons (Fsp3) is 0.438. The summed E-state index contributed by atoms with van der Waals surface area (Å²) < 4.78 is 5.92. The first-order valence-corrected chi connectivity index (χ1v) is 6.98. The summed E-state index contributed by atoms with van der Waals surface area (Å²) in [7, 11) is 0. The summed E-state index contributed by atoms with van der Waals surface area (Å²) in [6, 6.07) is 9.36. The Morgan fingerprint density at radius 1 is 1.25 bits per heavy atom. The van der Waals surface area contributed by atoms with Crippen LogP contribution in [0.2, 0.25) is 0 Å². The van der Waals surface area contributed by atoms with E-state index in [1.54, 1.807) is 6.20 Å². The van der Waals surface area contributed by atoms with Gasteiger partial charge < -0.3 is 15.6 Å².